The largest absolute Gasteiger partial charge is 0.508 e. The number of carboxylic acids is 1. The molecule has 38 heavy (non-hydrogen) atoms. The summed E-state index contributed by atoms with van der Waals surface area (Å²) < 4.78 is 0. The lowest BCUT2D eigenvalue weighted by atomic mass is 10.0. The van der Waals surface area contributed by atoms with Gasteiger partial charge in [-0.1, -0.05) is 44.2 Å². The van der Waals surface area contributed by atoms with Crippen LogP contribution >= 0.6 is 0 Å². The Morgan fingerprint density at radius 3 is 2.29 bits per heavy atom. The van der Waals surface area contributed by atoms with Crippen LogP contribution in [0.25, 0.3) is 10.9 Å². The number of carbonyl (C=O) groups excluding carboxylic acids is 3. The van der Waals surface area contributed by atoms with Crippen LogP contribution in [0.4, 0.5) is 0 Å². The van der Waals surface area contributed by atoms with Crippen LogP contribution < -0.4 is 21.7 Å². The minimum absolute atomic E-state index is 0.0503. The van der Waals surface area contributed by atoms with Gasteiger partial charge in [-0.05, 0) is 41.7 Å². The number of para-hydroxylation sites is 1. The van der Waals surface area contributed by atoms with Gasteiger partial charge in [0, 0.05) is 23.5 Å². The van der Waals surface area contributed by atoms with Crippen molar-refractivity contribution >= 4 is 34.6 Å². The minimum atomic E-state index is -1.18. The summed E-state index contributed by atoms with van der Waals surface area (Å²) in [6, 6.07) is 10.6. The number of aromatic hydroxyl groups is 1. The predicted octanol–water partition coefficient (Wildman–Crippen LogP) is 0.812. The first kappa shape index (κ1) is 28.2. The second-order valence-electron chi connectivity index (χ2n) is 9.45. The topological polar surface area (TPSA) is 187 Å². The molecule has 0 saturated carbocycles. The fraction of sp³-hybridized carbons (Fsp3) is 0.333. The van der Waals surface area contributed by atoms with Crippen molar-refractivity contribution in [3.8, 4) is 5.75 Å². The number of H-pyrrole nitrogens is 1. The summed E-state index contributed by atoms with van der Waals surface area (Å²) in [6.07, 6.45) is 2.10. The first-order valence-electron chi connectivity index (χ1n) is 12.2. The second-order valence-corrected chi connectivity index (χ2v) is 9.45. The van der Waals surface area contributed by atoms with Crippen molar-refractivity contribution in [1.29, 1.82) is 0 Å². The minimum Gasteiger partial charge on any atom is -0.508 e. The van der Waals surface area contributed by atoms with Crippen molar-refractivity contribution < 1.29 is 29.4 Å². The third-order valence-corrected chi connectivity index (χ3v) is 6.13. The molecule has 3 amide bonds. The Morgan fingerprint density at radius 1 is 0.947 bits per heavy atom. The number of benzene rings is 2. The summed E-state index contributed by atoms with van der Waals surface area (Å²) in [5.41, 5.74) is 8.62. The summed E-state index contributed by atoms with van der Waals surface area (Å²) in [7, 11) is 0. The number of nitrogens with one attached hydrogen (secondary N) is 4. The standard InChI is InChI=1S/C27H33N5O6/c1-15(2)24(27(37)38)32-23(34)14-30-26(36)22(11-16-7-9-18(33)10-8-16)31-25(35)20(28)12-17-13-29-21-6-4-3-5-19(17)21/h3-10,13,15,20,22,24,29,33H,11-12,14,28H2,1-2H3,(H,30,36)(H,31,35)(H,32,34)(H,37,38). The number of phenols is 1. The van der Waals surface area contributed by atoms with E-state index in [0.29, 0.717) is 5.56 Å². The number of fused-ring (bicyclic) bond motifs is 1. The lowest BCUT2D eigenvalue weighted by Gasteiger charge is -2.22. The highest BCUT2D eigenvalue weighted by atomic mass is 16.4. The van der Waals surface area contributed by atoms with Gasteiger partial charge < -0.3 is 36.9 Å². The summed E-state index contributed by atoms with van der Waals surface area (Å²) in [5.74, 6) is -3.35. The van der Waals surface area contributed by atoms with Crippen LogP contribution in [0, 0.1) is 5.92 Å². The molecule has 1 aromatic heterocycles. The van der Waals surface area contributed by atoms with Gasteiger partial charge in [-0.2, -0.15) is 0 Å². The Morgan fingerprint density at radius 2 is 1.63 bits per heavy atom. The molecule has 3 atom stereocenters. The average Bonchev–Trinajstić information content (AvgIpc) is 3.28. The summed E-state index contributed by atoms with van der Waals surface area (Å²) >= 11 is 0. The van der Waals surface area contributed by atoms with Crippen molar-refractivity contribution in [2.24, 2.45) is 11.7 Å². The molecule has 3 aromatic rings. The van der Waals surface area contributed by atoms with E-state index in [1.165, 1.54) is 12.1 Å². The number of rotatable bonds is 12. The molecule has 0 saturated heterocycles. The van der Waals surface area contributed by atoms with Crippen LogP contribution in [-0.4, -0.2) is 63.6 Å². The molecule has 2 aromatic carbocycles. The number of amides is 3. The first-order valence-corrected chi connectivity index (χ1v) is 12.2. The highest BCUT2D eigenvalue weighted by Crippen LogP contribution is 2.19. The van der Waals surface area contributed by atoms with Crippen molar-refractivity contribution in [1.82, 2.24) is 20.9 Å². The average molecular weight is 524 g/mol. The molecule has 1 heterocycles. The van der Waals surface area contributed by atoms with Crippen molar-refractivity contribution in [2.45, 2.75) is 44.8 Å². The van der Waals surface area contributed by atoms with Gasteiger partial charge in [-0.3, -0.25) is 14.4 Å². The fourth-order valence-electron chi connectivity index (χ4n) is 4.01. The van der Waals surface area contributed by atoms with E-state index in [1.807, 2.05) is 24.3 Å². The molecule has 0 aliphatic rings. The van der Waals surface area contributed by atoms with Crippen LogP contribution in [0.3, 0.4) is 0 Å². The Balaban J connectivity index is 1.67. The zero-order valence-corrected chi connectivity index (χ0v) is 21.2. The highest BCUT2D eigenvalue weighted by Gasteiger charge is 2.27. The number of aromatic nitrogens is 1. The van der Waals surface area contributed by atoms with E-state index in [0.717, 1.165) is 16.5 Å². The zero-order valence-electron chi connectivity index (χ0n) is 21.2. The highest BCUT2D eigenvalue weighted by molar-refractivity contribution is 5.93. The molecule has 0 fully saturated rings. The van der Waals surface area contributed by atoms with Crippen molar-refractivity contribution in [3.63, 3.8) is 0 Å². The van der Waals surface area contributed by atoms with Crippen molar-refractivity contribution in [3.05, 3.63) is 65.9 Å². The van der Waals surface area contributed by atoms with E-state index in [9.17, 15) is 29.4 Å². The van der Waals surface area contributed by atoms with Crippen LogP contribution in [-0.2, 0) is 32.0 Å². The monoisotopic (exact) mass is 523 g/mol. The molecule has 0 aliphatic heterocycles. The molecule has 0 spiro atoms. The van der Waals surface area contributed by atoms with Crippen LogP contribution in [0.1, 0.15) is 25.0 Å². The van der Waals surface area contributed by atoms with Crippen molar-refractivity contribution in [2.75, 3.05) is 6.54 Å². The van der Waals surface area contributed by atoms with Gasteiger partial charge in [0.25, 0.3) is 0 Å². The molecule has 0 bridgehead atoms. The van der Waals surface area contributed by atoms with Crippen LogP contribution in [0.5, 0.6) is 5.75 Å². The number of phenolic OH excluding ortho intramolecular Hbond substituents is 1. The number of nitrogens with two attached hydrogens (primary N) is 1. The van der Waals surface area contributed by atoms with Gasteiger partial charge in [0.1, 0.15) is 17.8 Å². The molecule has 0 aliphatic carbocycles. The molecular formula is C27H33N5O6. The van der Waals surface area contributed by atoms with Gasteiger partial charge >= 0.3 is 5.97 Å². The molecule has 3 rings (SSSR count). The maximum absolute atomic E-state index is 13.0. The second kappa shape index (κ2) is 12.7. The van der Waals surface area contributed by atoms with E-state index in [4.69, 9.17) is 5.73 Å². The molecule has 202 valence electrons. The van der Waals surface area contributed by atoms with Gasteiger partial charge in [-0.15, -0.1) is 0 Å². The third kappa shape index (κ3) is 7.56. The molecule has 0 radical (unpaired) electrons. The summed E-state index contributed by atoms with van der Waals surface area (Å²) in [6.45, 7) is 2.83. The van der Waals surface area contributed by atoms with Crippen LogP contribution in [0.15, 0.2) is 54.7 Å². The number of hydrogen-bond acceptors (Lipinski definition) is 6. The number of hydrogen-bond donors (Lipinski definition) is 7. The molecule has 8 N–H and O–H groups in total. The van der Waals surface area contributed by atoms with E-state index in [-0.39, 0.29) is 24.5 Å². The number of carbonyl (C=O) groups is 4. The zero-order chi connectivity index (χ0) is 27.8. The number of aromatic amines is 1. The summed E-state index contributed by atoms with van der Waals surface area (Å²) in [5, 5.41) is 27.3. The Bertz CT molecular complexity index is 1290. The quantitative estimate of drug-likeness (QED) is 0.183. The van der Waals surface area contributed by atoms with E-state index in [1.54, 1.807) is 32.2 Å². The smallest absolute Gasteiger partial charge is 0.326 e. The fourth-order valence-corrected chi connectivity index (χ4v) is 4.01. The molecule has 11 heteroatoms. The van der Waals surface area contributed by atoms with E-state index >= 15 is 0 Å². The van der Waals surface area contributed by atoms with Gasteiger partial charge in [0.2, 0.25) is 17.7 Å². The normalized spacial score (nSPS) is 13.5. The van der Waals surface area contributed by atoms with Gasteiger partial charge in [0.15, 0.2) is 0 Å². The Hall–Kier alpha value is -4.38. The maximum atomic E-state index is 13.0. The van der Waals surface area contributed by atoms with E-state index in [2.05, 4.69) is 20.9 Å². The third-order valence-electron chi connectivity index (χ3n) is 6.13. The van der Waals surface area contributed by atoms with Crippen LogP contribution in [0.2, 0.25) is 0 Å². The maximum Gasteiger partial charge on any atom is 0.326 e. The number of carboxylic acid groups (broad SMARTS) is 1. The van der Waals surface area contributed by atoms with E-state index < -0.39 is 48.4 Å². The molecular weight excluding hydrogens is 490 g/mol. The Kier molecular flexibility index (Phi) is 9.44. The first-order chi connectivity index (χ1) is 18.0. The molecule has 11 nitrogen and oxygen atoms in total. The Labute approximate surface area is 219 Å². The lowest BCUT2D eigenvalue weighted by molar-refractivity contribution is -0.143. The van der Waals surface area contributed by atoms with Gasteiger partial charge in [0.05, 0.1) is 12.6 Å². The summed E-state index contributed by atoms with van der Waals surface area (Å²) in [4.78, 5) is 52.7. The van der Waals surface area contributed by atoms with Gasteiger partial charge in [-0.25, -0.2) is 4.79 Å². The number of aliphatic carboxylic acids is 1. The molecule has 3 unspecified atom stereocenters. The predicted molar refractivity (Wildman–Crippen MR) is 141 cm³/mol. The SMILES string of the molecule is CC(C)C(NC(=O)CNC(=O)C(Cc1ccc(O)cc1)NC(=O)C(N)Cc1c[nH]c2ccccc12)C(=O)O. The lowest BCUT2D eigenvalue weighted by Crippen LogP contribution is -2.54.